The number of fused-ring (bicyclic) bond motifs is 1. The number of hydrogen-bond donors (Lipinski definition) is 1. The average Bonchev–Trinajstić information content (AvgIpc) is 3.41. The van der Waals surface area contributed by atoms with Gasteiger partial charge in [0.25, 0.3) is 0 Å². The number of carbonyl (C=O) groups is 2. The maximum absolute atomic E-state index is 14.1. The van der Waals surface area contributed by atoms with Gasteiger partial charge in [-0.1, -0.05) is 66.5 Å². The smallest absolute Gasteiger partial charge is 0.244 e. The molecule has 0 aliphatic carbocycles. The molecule has 218 valence electrons. The van der Waals surface area contributed by atoms with Crippen LogP contribution < -0.4 is 19.1 Å². The molecule has 1 atom stereocenters. The fourth-order valence-electron chi connectivity index (χ4n) is 4.43. The van der Waals surface area contributed by atoms with E-state index in [0.29, 0.717) is 40.1 Å². The minimum absolute atomic E-state index is 0.0109. The highest BCUT2D eigenvalue weighted by Crippen LogP contribution is 2.36. The Bertz CT molecular complexity index is 1480. The predicted octanol–water partition coefficient (Wildman–Crippen LogP) is 4.65. The highest BCUT2D eigenvalue weighted by molar-refractivity contribution is 7.92. The molecule has 0 unspecified atom stereocenters. The van der Waals surface area contributed by atoms with Gasteiger partial charge in [-0.15, -0.1) is 0 Å². The molecule has 1 aliphatic heterocycles. The van der Waals surface area contributed by atoms with Crippen molar-refractivity contribution in [2.24, 2.45) is 0 Å². The fraction of sp³-hybridized carbons (Fsp3) is 0.310. The van der Waals surface area contributed by atoms with Crippen molar-refractivity contribution in [3.8, 4) is 11.5 Å². The van der Waals surface area contributed by atoms with Crippen LogP contribution in [0.2, 0.25) is 10.0 Å². The normalized spacial score (nSPS) is 13.0. The van der Waals surface area contributed by atoms with Crippen molar-refractivity contribution >= 4 is 50.7 Å². The van der Waals surface area contributed by atoms with Crippen molar-refractivity contribution in [1.82, 2.24) is 10.2 Å². The van der Waals surface area contributed by atoms with E-state index in [1.54, 1.807) is 24.3 Å². The van der Waals surface area contributed by atoms with Gasteiger partial charge in [-0.3, -0.25) is 13.9 Å². The maximum Gasteiger partial charge on any atom is 0.244 e. The molecule has 1 N–H and O–H groups in total. The van der Waals surface area contributed by atoms with E-state index in [1.165, 1.54) is 17.0 Å². The van der Waals surface area contributed by atoms with Crippen LogP contribution in [0.15, 0.2) is 66.7 Å². The SMILES string of the molecule is CCCNC(=O)[C@H](Cc1ccccc1)N(Cc1c(Cl)cccc1Cl)C(=O)CN(c1ccc2c(c1)OCO2)S(C)(=O)=O. The molecule has 1 aliphatic rings. The van der Waals surface area contributed by atoms with Gasteiger partial charge in [0.2, 0.25) is 28.6 Å². The first-order valence-electron chi connectivity index (χ1n) is 13.0. The number of halogens is 2. The molecule has 3 aromatic carbocycles. The molecule has 0 spiro atoms. The summed E-state index contributed by atoms with van der Waals surface area (Å²) >= 11 is 13.0. The zero-order chi connectivity index (χ0) is 29.6. The molecule has 0 saturated heterocycles. The number of nitrogens with one attached hydrogen (secondary N) is 1. The van der Waals surface area contributed by atoms with Gasteiger partial charge in [0.1, 0.15) is 12.6 Å². The molecule has 1 heterocycles. The number of rotatable bonds is 12. The van der Waals surface area contributed by atoms with Crippen molar-refractivity contribution in [3.63, 3.8) is 0 Å². The van der Waals surface area contributed by atoms with E-state index in [2.05, 4.69) is 5.32 Å². The number of sulfonamides is 1. The fourth-order valence-corrected chi connectivity index (χ4v) is 5.79. The summed E-state index contributed by atoms with van der Waals surface area (Å²) in [7, 11) is -3.94. The summed E-state index contributed by atoms with van der Waals surface area (Å²) in [5.74, 6) is -0.152. The standard InChI is InChI=1S/C29H31Cl2N3O6S/c1-3-14-32-29(36)25(15-20-8-5-4-6-9-20)33(17-22-23(30)10-7-11-24(22)31)28(35)18-34(41(2,37)38)21-12-13-26-27(16-21)40-19-39-26/h4-13,16,25H,3,14-15,17-19H2,1-2H3,(H,32,36)/t25-/m0/s1. The zero-order valence-corrected chi connectivity index (χ0v) is 25.0. The molecular formula is C29H31Cl2N3O6S. The third kappa shape index (κ3) is 7.63. The summed E-state index contributed by atoms with van der Waals surface area (Å²) < 4.78 is 37.6. The molecule has 41 heavy (non-hydrogen) atoms. The average molecular weight is 621 g/mol. The molecule has 0 bridgehead atoms. The summed E-state index contributed by atoms with van der Waals surface area (Å²) in [4.78, 5) is 29.0. The maximum atomic E-state index is 14.1. The Labute approximate surface area is 250 Å². The number of amides is 2. The first-order chi connectivity index (χ1) is 19.6. The first kappa shape index (κ1) is 30.5. The lowest BCUT2D eigenvalue weighted by Gasteiger charge is -2.34. The number of nitrogens with zero attached hydrogens (tertiary/aromatic N) is 2. The van der Waals surface area contributed by atoms with Gasteiger partial charge < -0.3 is 19.7 Å². The lowest BCUT2D eigenvalue weighted by atomic mass is 10.0. The number of carbonyl (C=O) groups excluding carboxylic acids is 2. The highest BCUT2D eigenvalue weighted by atomic mass is 35.5. The Hall–Kier alpha value is -3.47. The molecule has 9 nitrogen and oxygen atoms in total. The second-order valence-corrected chi connectivity index (χ2v) is 12.2. The Kier molecular flexibility index (Phi) is 10.0. The van der Waals surface area contributed by atoms with E-state index in [-0.39, 0.29) is 31.4 Å². The van der Waals surface area contributed by atoms with E-state index < -0.39 is 28.5 Å². The third-order valence-corrected chi connectivity index (χ3v) is 8.38. The predicted molar refractivity (Wildman–Crippen MR) is 159 cm³/mol. The minimum Gasteiger partial charge on any atom is -0.454 e. The monoisotopic (exact) mass is 619 g/mol. The van der Waals surface area contributed by atoms with Gasteiger partial charge in [0.15, 0.2) is 11.5 Å². The summed E-state index contributed by atoms with van der Waals surface area (Å²) in [5, 5.41) is 3.52. The Morgan fingerprint density at radius 2 is 1.66 bits per heavy atom. The van der Waals surface area contributed by atoms with Gasteiger partial charge >= 0.3 is 0 Å². The van der Waals surface area contributed by atoms with Crippen LogP contribution in [0.1, 0.15) is 24.5 Å². The van der Waals surface area contributed by atoms with Crippen LogP contribution in [0.5, 0.6) is 11.5 Å². The van der Waals surface area contributed by atoms with Crippen LogP contribution in [0.25, 0.3) is 0 Å². The van der Waals surface area contributed by atoms with E-state index in [9.17, 15) is 18.0 Å². The molecule has 0 fully saturated rings. The van der Waals surface area contributed by atoms with Crippen molar-refractivity contribution in [1.29, 1.82) is 0 Å². The Morgan fingerprint density at radius 1 is 0.976 bits per heavy atom. The quantitative estimate of drug-likeness (QED) is 0.316. The lowest BCUT2D eigenvalue weighted by molar-refractivity contribution is -0.140. The van der Waals surface area contributed by atoms with Gasteiger partial charge in [-0.25, -0.2) is 8.42 Å². The van der Waals surface area contributed by atoms with E-state index >= 15 is 0 Å². The Balaban J connectivity index is 1.75. The zero-order valence-electron chi connectivity index (χ0n) is 22.7. The van der Waals surface area contributed by atoms with Gasteiger partial charge in [0.05, 0.1) is 11.9 Å². The summed E-state index contributed by atoms with van der Waals surface area (Å²) in [6.45, 7) is 1.65. The number of anilines is 1. The lowest BCUT2D eigenvalue weighted by Crippen LogP contribution is -2.53. The first-order valence-corrected chi connectivity index (χ1v) is 15.6. The van der Waals surface area contributed by atoms with Crippen molar-refractivity contribution < 1.29 is 27.5 Å². The van der Waals surface area contributed by atoms with Gasteiger partial charge in [-0.2, -0.15) is 0 Å². The van der Waals surface area contributed by atoms with Crippen LogP contribution in [0, 0.1) is 0 Å². The summed E-state index contributed by atoms with van der Waals surface area (Å²) in [6.07, 6.45) is 1.89. The molecule has 2 amide bonds. The molecule has 0 radical (unpaired) electrons. The van der Waals surface area contributed by atoms with Crippen molar-refractivity contribution in [2.45, 2.75) is 32.4 Å². The van der Waals surface area contributed by atoms with E-state index in [1.807, 2.05) is 37.3 Å². The molecule has 0 aromatic heterocycles. The van der Waals surface area contributed by atoms with Gasteiger partial charge in [0, 0.05) is 41.2 Å². The van der Waals surface area contributed by atoms with Crippen LogP contribution in [-0.4, -0.2) is 57.3 Å². The molecule has 0 saturated carbocycles. The number of ether oxygens (including phenoxy) is 2. The molecule has 4 rings (SSSR count). The summed E-state index contributed by atoms with van der Waals surface area (Å²) in [5.41, 5.74) is 1.48. The van der Waals surface area contributed by atoms with Crippen LogP contribution in [-0.2, 0) is 32.6 Å². The largest absolute Gasteiger partial charge is 0.454 e. The van der Waals surface area contributed by atoms with E-state index in [4.69, 9.17) is 32.7 Å². The van der Waals surface area contributed by atoms with E-state index in [0.717, 1.165) is 16.1 Å². The molecular weight excluding hydrogens is 589 g/mol. The topological polar surface area (TPSA) is 105 Å². The molecule has 3 aromatic rings. The number of benzene rings is 3. The van der Waals surface area contributed by atoms with Crippen molar-refractivity contribution in [3.05, 3.63) is 87.9 Å². The van der Waals surface area contributed by atoms with Gasteiger partial charge in [-0.05, 0) is 36.2 Å². The molecule has 12 heteroatoms. The summed E-state index contributed by atoms with van der Waals surface area (Å²) in [6, 6.07) is 17.9. The number of hydrogen-bond acceptors (Lipinski definition) is 6. The Morgan fingerprint density at radius 3 is 2.32 bits per heavy atom. The second-order valence-electron chi connectivity index (χ2n) is 9.53. The van der Waals surface area contributed by atoms with Crippen LogP contribution in [0.3, 0.4) is 0 Å². The second kappa shape index (κ2) is 13.5. The van der Waals surface area contributed by atoms with Crippen molar-refractivity contribution in [2.75, 3.05) is 30.4 Å². The highest BCUT2D eigenvalue weighted by Gasteiger charge is 2.34. The third-order valence-electron chi connectivity index (χ3n) is 6.53. The van der Waals surface area contributed by atoms with Crippen LogP contribution >= 0.6 is 23.2 Å². The minimum atomic E-state index is -3.94. The van der Waals surface area contributed by atoms with Crippen LogP contribution in [0.4, 0.5) is 5.69 Å².